The number of nitrogens with one attached hydrogen (secondary N) is 1. The van der Waals surface area contributed by atoms with Crippen molar-refractivity contribution in [2.75, 3.05) is 13.2 Å². The standard InChI is InChI=1S/C22H26Br2N2O3/c1-4-11-25-22(28)16(3)26(13-17-5-7-18(23)8-6-17)21(27)14-29-19-9-10-20(24)15(2)12-19/h5-10,12,16H,4,11,13-14H2,1-3H3,(H,25,28)/t16-/m1/s1. The zero-order valence-corrected chi connectivity index (χ0v) is 20.0. The van der Waals surface area contributed by atoms with Crippen molar-refractivity contribution in [3.8, 4) is 5.75 Å². The lowest BCUT2D eigenvalue weighted by molar-refractivity contribution is -0.142. The highest BCUT2D eigenvalue weighted by Crippen LogP contribution is 2.22. The number of halogens is 2. The maximum Gasteiger partial charge on any atom is 0.261 e. The van der Waals surface area contributed by atoms with E-state index >= 15 is 0 Å². The van der Waals surface area contributed by atoms with E-state index in [2.05, 4.69) is 37.2 Å². The number of carbonyl (C=O) groups excluding carboxylic acids is 2. The molecule has 2 aromatic rings. The van der Waals surface area contributed by atoms with Crippen molar-refractivity contribution in [2.24, 2.45) is 0 Å². The van der Waals surface area contributed by atoms with E-state index in [0.29, 0.717) is 18.8 Å². The Hall–Kier alpha value is -1.86. The second-order valence-corrected chi connectivity index (χ2v) is 8.58. The molecule has 2 rings (SSSR count). The van der Waals surface area contributed by atoms with Crippen molar-refractivity contribution in [1.29, 1.82) is 0 Å². The number of aryl methyl sites for hydroxylation is 1. The van der Waals surface area contributed by atoms with E-state index in [1.54, 1.807) is 17.9 Å². The van der Waals surface area contributed by atoms with Crippen LogP contribution in [-0.2, 0) is 16.1 Å². The number of hydrogen-bond donors (Lipinski definition) is 1. The molecule has 0 aromatic heterocycles. The average molecular weight is 526 g/mol. The number of rotatable bonds is 9. The summed E-state index contributed by atoms with van der Waals surface area (Å²) in [5, 5.41) is 2.86. The summed E-state index contributed by atoms with van der Waals surface area (Å²) >= 11 is 6.87. The molecule has 2 aromatic carbocycles. The normalized spacial score (nSPS) is 11.6. The molecule has 0 unspecified atom stereocenters. The van der Waals surface area contributed by atoms with Crippen LogP contribution in [0.5, 0.6) is 5.75 Å². The van der Waals surface area contributed by atoms with E-state index in [-0.39, 0.29) is 18.4 Å². The predicted octanol–water partition coefficient (Wildman–Crippen LogP) is 4.84. The molecule has 0 aliphatic carbocycles. The van der Waals surface area contributed by atoms with Gasteiger partial charge in [0.05, 0.1) is 0 Å². The van der Waals surface area contributed by atoms with Crippen molar-refractivity contribution in [2.45, 2.75) is 39.8 Å². The third kappa shape index (κ3) is 7.16. The molecule has 0 aliphatic heterocycles. The number of nitrogens with zero attached hydrogens (tertiary/aromatic N) is 1. The van der Waals surface area contributed by atoms with Gasteiger partial charge in [-0.3, -0.25) is 9.59 Å². The summed E-state index contributed by atoms with van der Waals surface area (Å²) in [6.45, 7) is 6.46. The molecule has 29 heavy (non-hydrogen) atoms. The minimum Gasteiger partial charge on any atom is -0.484 e. The molecular formula is C22H26Br2N2O3. The molecule has 0 bridgehead atoms. The lowest BCUT2D eigenvalue weighted by Gasteiger charge is -2.28. The van der Waals surface area contributed by atoms with Gasteiger partial charge in [0, 0.05) is 22.0 Å². The highest BCUT2D eigenvalue weighted by Gasteiger charge is 2.26. The summed E-state index contributed by atoms with van der Waals surface area (Å²) in [5.41, 5.74) is 1.96. The highest BCUT2D eigenvalue weighted by atomic mass is 79.9. The SMILES string of the molecule is CCCNC(=O)[C@@H](C)N(Cc1ccc(Br)cc1)C(=O)COc1ccc(Br)c(C)c1. The van der Waals surface area contributed by atoms with Crippen LogP contribution in [0.2, 0.25) is 0 Å². The van der Waals surface area contributed by atoms with Crippen molar-refractivity contribution >= 4 is 43.7 Å². The Bertz CT molecular complexity index is 840. The largest absolute Gasteiger partial charge is 0.484 e. The summed E-state index contributed by atoms with van der Waals surface area (Å²) in [5.74, 6) is 0.204. The molecule has 0 fully saturated rings. The third-order valence-corrected chi connectivity index (χ3v) is 5.89. The van der Waals surface area contributed by atoms with Crippen molar-refractivity contribution < 1.29 is 14.3 Å². The monoisotopic (exact) mass is 524 g/mol. The third-order valence-electron chi connectivity index (χ3n) is 4.47. The Morgan fingerprint density at radius 1 is 1.14 bits per heavy atom. The van der Waals surface area contributed by atoms with Crippen LogP contribution in [0.4, 0.5) is 0 Å². The van der Waals surface area contributed by atoms with Gasteiger partial charge in [-0.1, -0.05) is 50.9 Å². The van der Waals surface area contributed by atoms with Crippen LogP contribution < -0.4 is 10.1 Å². The van der Waals surface area contributed by atoms with E-state index in [9.17, 15) is 9.59 Å². The fraction of sp³-hybridized carbons (Fsp3) is 0.364. The zero-order chi connectivity index (χ0) is 21.4. The van der Waals surface area contributed by atoms with Crippen LogP contribution in [0.3, 0.4) is 0 Å². The van der Waals surface area contributed by atoms with Crippen molar-refractivity contribution in [3.05, 3.63) is 62.5 Å². The first kappa shape index (κ1) is 23.4. The molecule has 0 heterocycles. The van der Waals surface area contributed by atoms with Gasteiger partial charge in [-0.05, 0) is 61.7 Å². The molecule has 0 radical (unpaired) electrons. The zero-order valence-electron chi connectivity index (χ0n) is 16.9. The van der Waals surface area contributed by atoms with Crippen molar-refractivity contribution in [1.82, 2.24) is 10.2 Å². The molecule has 0 spiro atoms. The maximum absolute atomic E-state index is 13.0. The van der Waals surface area contributed by atoms with Crippen LogP contribution in [-0.4, -0.2) is 35.9 Å². The van der Waals surface area contributed by atoms with E-state index in [1.807, 2.05) is 50.2 Å². The highest BCUT2D eigenvalue weighted by molar-refractivity contribution is 9.10. The second kappa shape index (κ2) is 11.4. The molecular weight excluding hydrogens is 500 g/mol. The minimum absolute atomic E-state index is 0.136. The minimum atomic E-state index is -0.604. The van der Waals surface area contributed by atoms with Gasteiger partial charge in [-0.15, -0.1) is 0 Å². The molecule has 0 saturated heterocycles. The molecule has 0 saturated carbocycles. The van der Waals surface area contributed by atoms with Crippen LogP contribution in [0.1, 0.15) is 31.4 Å². The maximum atomic E-state index is 13.0. The Labute approximate surface area is 189 Å². The van der Waals surface area contributed by atoms with E-state index in [0.717, 1.165) is 26.5 Å². The van der Waals surface area contributed by atoms with Gasteiger partial charge in [0.25, 0.3) is 5.91 Å². The Kier molecular flexibility index (Phi) is 9.17. The molecule has 7 heteroatoms. The quantitative estimate of drug-likeness (QED) is 0.509. The van der Waals surface area contributed by atoms with Crippen LogP contribution >= 0.6 is 31.9 Å². The second-order valence-electron chi connectivity index (χ2n) is 6.81. The molecule has 1 N–H and O–H groups in total. The van der Waals surface area contributed by atoms with Gasteiger partial charge in [0.1, 0.15) is 11.8 Å². The van der Waals surface area contributed by atoms with Crippen molar-refractivity contribution in [3.63, 3.8) is 0 Å². The number of carbonyl (C=O) groups is 2. The first-order chi connectivity index (χ1) is 13.8. The summed E-state index contributed by atoms with van der Waals surface area (Å²) in [4.78, 5) is 27.0. The Balaban J connectivity index is 2.13. The van der Waals surface area contributed by atoms with Gasteiger partial charge >= 0.3 is 0 Å². The van der Waals surface area contributed by atoms with E-state index in [1.165, 1.54) is 0 Å². The van der Waals surface area contributed by atoms with E-state index in [4.69, 9.17) is 4.74 Å². The lowest BCUT2D eigenvalue weighted by atomic mass is 10.1. The fourth-order valence-corrected chi connectivity index (χ4v) is 3.21. The first-order valence-corrected chi connectivity index (χ1v) is 11.1. The molecule has 0 aliphatic rings. The topological polar surface area (TPSA) is 58.6 Å². The van der Waals surface area contributed by atoms with Crippen LogP contribution in [0.25, 0.3) is 0 Å². The number of benzene rings is 2. The van der Waals surface area contributed by atoms with Gasteiger partial charge in [0.15, 0.2) is 6.61 Å². The molecule has 1 atom stereocenters. The molecule has 2 amide bonds. The van der Waals surface area contributed by atoms with Crippen LogP contribution in [0, 0.1) is 6.92 Å². The predicted molar refractivity (Wildman–Crippen MR) is 122 cm³/mol. The smallest absolute Gasteiger partial charge is 0.261 e. The number of hydrogen-bond acceptors (Lipinski definition) is 3. The van der Waals surface area contributed by atoms with Gasteiger partial charge in [0.2, 0.25) is 5.91 Å². The Morgan fingerprint density at radius 2 is 1.83 bits per heavy atom. The summed E-state index contributed by atoms with van der Waals surface area (Å²) < 4.78 is 7.64. The molecule has 156 valence electrons. The number of ether oxygens (including phenoxy) is 1. The van der Waals surface area contributed by atoms with Crippen LogP contribution in [0.15, 0.2) is 51.4 Å². The van der Waals surface area contributed by atoms with E-state index < -0.39 is 6.04 Å². The van der Waals surface area contributed by atoms with Gasteiger partial charge in [-0.2, -0.15) is 0 Å². The van der Waals surface area contributed by atoms with Gasteiger partial charge in [-0.25, -0.2) is 0 Å². The average Bonchev–Trinajstić information content (AvgIpc) is 2.71. The lowest BCUT2D eigenvalue weighted by Crippen LogP contribution is -2.49. The molecule has 5 nitrogen and oxygen atoms in total. The first-order valence-electron chi connectivity index (χ1n) is 9.52. The van der Waals surface area contributed by atoms with Gasteiger partial charge < -0.3 is 15.0 Å². The summed E-state index contributed by atoms with van der Waals surface area (Å²) in [6.07, 6.45) is 0.838. The summed E-state index contributed by atoms with van der Waals surface area (Å²) in [7, 11) is 0. The Morgan fingerprint density at radius 3 is 2.45 bits per heavy atom. The fourth-order valence-electron chi connectivity index (χ4n) is 2.70. The number of amides is 2. The summed E-state index contributed by atoms with van der Waals surface area (Å²) in [6, 6.07) is 12.7.